The fourth-order valence-electron chi connectivity index (χ4n) is 5.14. The molecule has 0 bridgehead atoms. The van der Waals surface area contributed by atoms with Gasteiger partial charge < -0.3 is 9.64 Å². The van der Waals surface area contributed by atoms with Gasteiger partial charge in [-0.1, -0.05) is 23.2 Å². The number of nitrogens with zero attached hydrogens (tertiary/aromatic N) is 5. The normalized spacial score (nSPS) is 21.7. The van der Waals surface area contributed by atoms with E-state index in [1.165, 1.54) is 0 Å². The smallest absolute Gasteiger partial charge is 0.140 e. The molecular weight excluding hydrogens is 457 g/mol. The number of halogens is 2. The zero-order valence-corrected chi connectivity index (χ0v) is 20.8. The van der Waals surface area contributed by atoms with Crippen LogP contribution >= 0.6 is 23.2 Å². The molecule has 1 aliphatic carbocycles. The lowest BCUT2D eigenvalue weighted by atomic mass is 10.1. The Morgan fingerprint density at radius 3 is 2.39 bits per heavy atom. The average Bonchev–Trinajstić information content (AvgIpc) is 3.22. The molecule has 2 unspecified atom stereocenters. The van der Waals surface area contributed by atoms with Crippen LogP contribution in [-0.4, -0.2) is 63.8 Å². The van der Waals surface area contributed by atoms with Crippen LogP contribution in [0.2, 0.25) is 10.0 Å². The quantitative estimate of drug-likeness (QED) is 0.527. The summed E-state index contributed by atoms with van der Waals surface area (Å²) in [4.78, 5) is 4.96. The molecule has 8 heteroatoms. The van der Waals surface area contributed by atoms with Crippen LogP contribution in [0.15, 0.2) is 36.4 Å². The summed E-state index contributed by atoms with van der Waals surface area (Å²) < 4.78 is 8.70. The van der Waals surface area contributed by atoms with Crippen LogP contribution in [0.3, 0.4) is 0 Å². The highest BCUT2D eigenvalue weighted by molar-refractivity contribution is 6.35. The van der Waals surface area contributed by atoms with Gasteiger partial charge in [0.2, 0.25) is 0 Å². The van der Waals surface area contributed by atoms with Crippen molar-refractivity contribution >= 4 is 23.2 Å². The van der Waals surface area contributed by atoms with Gasteiger partial charge in [0.1, 0.15) is 23.5 Å². The number of likely N-dealkylation sites (N-methyl/N-ethyl adjacent to an activating group) is 1. The summed E-state index contributed by atoms with van der Waals surface area (Å²) in [6, 6.07) is 12.2. The van der Waals surface area contributed by atoms with Gasteiger partial charge in [0, 0.05) is 34.4 Å². The largest absolute Gasteiger partial charge is 0.484 e. The van der Waals surface area contributed by atoms with Gasteiger partial charge in [-0.2, -0.15) is 0 Å². The molecule has 1 aromatic heterocycles. The fraction of sp³-hybridized carbons (Fsp3) is 0.440. The zero-order chi connectivity index (χ0) is 23.1. The molecule has 174 valence electrons. The third-order valence-electron chi connectivity index (χ3n) is 6.83. The van der Waals surface area contributed by atoms with Crippen LogP contribution in [0.5, 0.6) is 5.75 Å². The maximum absolute atomic E-state index is 6.67. The first-order chi connectivity index (χ1) is 15.9. The molecule has 0 spiro atoms. The number of hydrogen-bond donors (Lipinski definition) is 0. The summed E-state index contributed by atoms with van der Waals surface area (Å²) in [5, 5.41) is 9.71. The molecule has 3 aromatic rings. The highest BCUT2D eigenvalue weighted by Gasteiger charge is 2.39. The van der Waals surface area contributed by atoms with Crippen molar-refractivity contribution in [3.63, 3.8) is 0 Å². The van der Waals surface area contributed by atoms with E-state index in [4.69, 9.17) is 27.9 Å². The van der Waals surface area contributed by atoms with Crippen molar-refractivity contribution in [1.82, 2.24) is 24.6 Å². The molecule has 2 atom stereocenters. The van der Waals surface area contributed by atoms with E-state index in [0.29, 0.717) is 5.02 Å². The van der Waals surface area contributed by atoms with Gasteiger partial charge in [0.25, 0.3) is 0 Å². The number of aryl methyl sites for hydroxylation is 2. The van der Waals surface area contributed by atoms with E-state index < -0.39 is 0 Å². The van der Waals surface area contributed by atoms with Gasteiger partial charge in [-0.25, -0.2) is 0 Å². The van der Waals surface area contributed by atoms with Crippen LogP contribution < -0.4 is 4.74 Å². The maximum Gasteiger partial charge on any atom is 0.140 e. The number of rotatable bonds is 4. The maximum atomic E-state index is 6.67. The van der Waals surface area contributed by atoms with Crippen molar-refractivity contribution in [2.45, 2.75) is 38.8 Å². The Morgan fingerprint density at radius 2 is 1.67 bits per heavy atom. The monoisotopic (exact) mass is 485 g/mol. The predicted molar refractivity (Wildman–Crippen MR) is 132 cm³/mol. The van der Waals surface area contributed by atoms with Crippen molar-refractivity contribution in [2.75, 3.05) is 33.2 Å². The molecule has 0 saturated carbocycles. The summed E-state index contributed by atoms with van der Waals surface area (Å²) in [6.45, 7) is 8.16. The minimum Gasteiger partial charge on any atom is -0.484 e. The van der Waals surface area contributed by atoms with Crippen molar-refractivity contribution in [2.24, 2.45) is 0 Å². The second-order valence-corrected chi connectivity index (χ2v) is 9.93. The van der Waals surface area contributed by atoms with Crippen molar-refractivity contribution in [3.8, 4) is 11.4 Å². The minimum atomic E-state index is -0.121. The van der Waals surface area contributed by atoms with E-state index in [0.717, 1.165) is 78.3 Å². The van der Waals surface area contributed by atoms with Crippen molar-refractivity contribution in [3.05, 3.63) is 69.2 Å². The van der Waals surface area contributed by atoms with Crippen LogP contribution in [0, 0.1) is 13.8 Å². The molecule has 0 radical (unpaired) electrons. The number of ether oxygens (including phenoxy) is 1. The predicted octanol–water partition coefficient (Wildman–Crippen LogP) is 4.87. The summed E-state index contributed by atoms with van der Waals surface area (Å²) in [6.07, 6.45) is 1.90. The first-order valence-electron chi connectivity index (χ1n) is 11.5. The van der Waals surface area contributed by atoms with Crippen molar-refractivity contribution in [1.29, 1.82) is 0 Å². The molecule has 2 aromatic carbocycles. The number of benzene rings is 2. The Morgan fingerprint density at radius 1 is 0.939 bits per heavy atom. The Hall–Kier alpha value is -2.12. The first kappa shape index (κ1) is 22.7. The lowest BCUT2D eigenvalue weighted by Gasteiger charge is -2.32. The molecule has 2 heterocycles. The van der Waals surface area contributed by atoms with Gasteiger partial charge in [-0.15, -0.1) is 10.2 Å². The first-order valence-corrected chi connectivity index (χ1v) is 12.2. The van der Waals surface area contributed by atoms with E-state index >= 15 is 0 Å². The van der Waals surface area contributed by atoms with Gasteiger partial charge in [-0.3, -0.25) is 9.47 Å². The lowest BCUT2D eigenvalue weighted by molar-refractivity contribution is 0.0805. The fourth-order valence-corrected chi connectivity index (χ4v) is 5.73. The van der Waals surface area contributed by atoms with Gasteiger partial charge in [0.15, 0.2) is 0 Å². The van der Waals surface area contributed by atoms with Crippen LogP contribution in [0.25, 0.3) is 5.69 Å². The van der Waals surface area contributed by atoms with Crippen LogP contribution in [0.4, 0.5) is 0 Å². The number of aromatic nitrogens is 3. The van der Waals surface area contributed by atoms with E-state index in [9.17, 15) is 0 Å². The second kappa shape index (κ2) is 9.26. The molecule has 2 aliphatic rings. The number of fused-ring (bicyclic) bond motifs is 1. The molecule has 1 saturated heterocycles. The standard InChI is InChI=1S/C25H29Cl2N5O/c1-16-28-29-17(2)32(16)19-5-7-20(8-6-19)33-25-22-13-18(26)14-23(27)21(22)15-24(25)31-10-4-9-30(3)11-12-31/h5-8,13-14,24-25H,4,9-12,15H2,1-3H3. The second-order valence-electron chi connectivity index (χ2n) is 9.08. The van der Waals surface area contributed by atoms with Crippen LogP contribution in [-0.2, 0) is 6.42 Å². The molecule has 0 N–H and O–H groups in total. The van der Waals surface area contributed by atoms with E-state index in [1.807, 2.05) is 42.7 Å². The molecule has 0 amide bonds. The SMILES string of the molecule is Cc1nnc(C)n1-c1ccc(OC2c3cc(Cl)cc(Cl)c3CC2N2CCCN(C)CC2)cc1. The summed E-state index contributed by atoms with van der Waals surface area (Å²) >= 11 is 13.0. The van der Waals surface area contributed by atoms with E-state index in [-0.39, 0.29) is 12.1 Å². The summed E-state index contributed by atoms with van der Waals surface area (Å²) in [5.41, 5.74) is 3.28. The van der Waals surface area contributed by atoms with Gasteiger partial charge >= 0.3 is 0 Å². The molecule has 33 heavy (non-hydrogen) atoms. The number of hydrogen-bond acceptors (Lipinski definition) is 5. The van der Waals surface area contributed by atoms with Crippen LogP contribution in [0.1, 0.15) is 35.3 Å². The zero-order valence-electron chi connectivity index (χ0n) is 19.3. The van der Waals surface area contributed by atoms with Gasteiger partial charge in [-0.05, 0) is 88.8 Å². The van der Waals surface area contributed by atoms with E-state index in [2.05, 4.69) is 39.2 Å². The Balaban J connectivity index is 1.45. The third-order valence-corrected chi connectivity index (χ3v) is 7.39. The third kappa shape index (κ3) is 4.50. The minimum absolute atomic E-state index is 0.121. The molecular formula is C25H29Cl2N5O. The topological polar surface area (TPSA) is 46.4 Å². The molecule has 6 nitrogen and oxygen atoms in total. The van der Waals surface area contributed by atoms with Crippen molar-refractivity contribution < 1.29 is 4.74 Å². The average molecular weight is 486 g/mol. The molecule has 1 aliphatic heterocycles. The van der Waals surface area contributed by atoms with E-state index in [1.54, 1.807) is 0 Å². The van der Waals surface area contributed by atoms with Gasteiger partial charge in [0.05, 0.1) is 6.04 Å². The Labute approximate surface area is 205 Å². The summed E-state index contributed by atoms with van der Waals surface area (Å²) in [7, 11) is 2.19. The highest BCUT2D eigenvalue weighted by atomic mass is 35.5. The Bertz CT molecular complexity index is 1130. The Kier molecular flexibility index (Phi) is 6.36. The molecule has 1 fully saturated rings. The summed E-state index contributed by atoms with van der Waals surface area (Å²) in [5.74, 6) is 2.55. The molecule has 5 rings (SSSR count). The lowest BCUT2D eigenvalue weighted by Crippen LogP contribution is -2.42. The highest BCUT2D eigenvalue weighted by Crippen LogP contribution is 2.43.